The molecule has 30 heavy (non-hydrogen) atoms. The molecular weight excluding hydrogens is 380 g/mol. The highest BCUT2D eigenvalue weighted by molar-refractivity contribution is 5.75. The third-order valence-corrected chi connectivity index (χ3v) is 4.92. The maximum absolute atomic E-state index is 12.1. The highest BCUT2D eigenvalue weighted by atomic mass is 16.5. The predicted octanol–water partition coefficient (Wildman–Crippen LogP) is 4.35. The summed E-state index contributed by atoms with van der Waals surface area (Å²) >= 11 is 0. The van der Waals surface area contributed by atoms with Gasteiger partial charge in [-0.05, 0) is 49.9 Å². The first-order valence-corrected chi connectivity index (χ1v) is 10.1. The maximum Gasteiger partial charge on any atom is 0.226 e. The molecule has 3 aromatic rings. The van der Waals surface area contributed by atoms with E-state index in [1.54, 1.807) is 14.2 Å². The molecule has 0 spiro atoms. The van der Waals surface area contributed by atoms with Gasteiger partial charge in [0.15, 0.2) is 11.5 Å². The molecule has 1 N–H and O–H groups in total. The number of aryl methyl sites for hydroxylation is 2. The molecule has 2 aromatic carbocycles. The lowest BCUT2D eigenvalue weighted by atomic mass is 10.1. The molecule has 0 radical (unpaired) electrons. The van der Waals surface area contributed by atoms with Crippen molar-refractivity contribution in [1.29, 1.82) is 0 Å². The molecule has 0 unspecified atom stereocenters. The number of amides is 1. The predicted molar refractivity (Wildman–Crippen MR) is 116 cm³/mol. The number of ether oxygens (including phenoxy) is 2. The van der Waals surface area contributed by atoms with Gasteiger partial charge < -0.3 is 19.2 Å². The number of oxazole rings is 1. The molecule has 0 bridgehead atoms. The van der Waals surface area contributed by atoms with Gasteiger partial charge in [-0.3, -0.25) is 4.79 Å². The van der Waals surface area contributed by atoms with Crippen molar-refractivity contribution in [3.05, 3.63) is 65.5 Å². The van der Waals surface area contributed by atoms with Gasteiger partial charge in [-0.25, -0.2) is 4.98 Å². The van der Waals surface area contributed by atoms with Crippen LogP contribution in [-0.4, -0.2) is 31.7 Å². The van der Waals surface area contributed by atoms with Crippen molar-refractivity contribution < 1.29 is 18.7 Å². The average molecular weight is 408 g/mol. The summed E-state index contributed by atoms with van der Waals surface area (Å²) in [4.78, 5) is 16.7. The van der Waals surface area contributed by atoms with E-state index in [1.807, 2.05) is 43.3 Å². The fraction of sp³-hybridized carbons (Fsp3) is 0.333. The number of methoxy groups -OCH3 is 2. The van der Waals surface area contributed by atoms with Crippen molar-refractivity contribution >= 4 is 5.91 Å². The Morgan fingerprint density at radius 3 is 2.53 bits per heavy atom. The summed E-state index contributed by atoms with van der Waals surface area (Å²) in [6.45, 7) is 2.54. The lowest BCUT2D eigenvalue weighted by Crippen LogP contribution is -2.25. The smallest absolute Gasteiger partial charge is 0.226 e. The molecule has 0 aliphatic heterocycles. The molecule has 158 valence electrons. The van der Waals surface area contributed by atoms with Gasteiger partial charge in [0.2, 0.25) is 11.8 Å². The van der Waals surface area contributed by atoms with E-state index in [4.69, 9.17) is 13.9 Å². The van der Waals surface area contributed by atoms with Crippen LogP contribution in [0.5, 0.6) is 11.5 Å². The third-order valence-electron chi connectivity index (χ3n) is 4.92. The van der Waals surface area contributed by atoms with E-state index in [1.165, 1.54) is 5.56 Å². The van der Waals surface area contributed by atoms with Crippen LogP contribution in [0.3, 0.4) is 0 Å². The number of carbonyl (C=O) groups is 1. The van der Waals surface area contributed by atoms with Crippen LogP contribution in [-0.2, 0) is 17.6 Å². The number of nitrogens with zero attached hydrogens (tertiary/aromatic N) is 1. The largest absolute Gasteiger partial charge is 0.493 e. The van der Waals surface area contributed by atoms with Crippen molar-refractivity contribution in [2.75, 3.05) is 20.8 Å². The van der Waals surface area contributed by atoms with E-state index in [0.29, 0.717) is 36.8 Å². The van der Waals surface area contributed by atoms with Crippen LogP contribution in [0, 0.1) is 6.92 Å². The normalized spacial score (nSPS) is 10.6. The Balaban J connectivity index is 1.49. The molecule has 0 saturated heterocycles. The number of aromatic nitrogens is 1. The summed E-state index contributed by atoms with van der Waals surface area (Å²) in [5.41, 5.74) is 2.91. The number of benzene rings is 2. The molecular formula is C24H28N2O4. The summed E-state index contributed by atoms with van der Waals surface area (Å²) in [6.07, 6.45) is 2.71. The quantitative estimate of drug-likeness (QED) is 0.540. The van der Waals surface area contributed by atoms with Crippen molar-refractivity contribution in [2.45, 2.75) is 32.6 Å². The standard InChI is InChI=1S/C24H28N2O4/c1-17-20(10-7-11-23(27)25-15-14-18-8-5-4-6-9-18)26-24(30-17)19-12-13-21(28-2)22(16-19)29-3/h4-6,8-9,12-13,16H,7,10-11,14-15H2,1-3H3,(H,25,27). The van der Waals surface area contributed by atoms with Crippen LogP contribution < -0.4 is 14.8 Å². The van der Waals surface area contributed by atoms with Gasteiger partial charge in [0.1, 0.15) is 5.76 Å². The van der Waals surface area contributed by atoms with Crippen molar-refractivity contribution in [3.63, 3.8) is 0 Å². The van der Waals surface area contributed by atoms with Gasteiger partial charge >= 0.3 is 0 Å². The molecule has 6 heteroatoms. The van der Waals surface area contributed by atoms with E-state index >= 15 is 0 Å². The maximum atomic E-state index is 12.1. The zero-order valence-electron chi connectivity index (χ0n) is 17.7. The van der Waals surface area contributed by atoms with E-state index in [0.717, 1.165) is 29.9 Å². The van der Waals surface area contributed by atoms with E-state index in [2.05, 4.69) is 22.4 Å². The summed E-state index contributed by atoms with van der Waals surface area (Å²) in [5.74, 6) is 2.65. The van der Waals surface area contributed by atoms with Gasteiger partial charge in [0.05, 0.1) is 19.9 Å². The van der Waals surface area contributed by atoms with Crippen LogP contribution in [0.4, 0.5) is 0 Å². The van der Waals surface area contributed by atoms with Crippen molar-refractivity contribution in [2.24, 2.45) is 0 Å². The number of hydrogen-bond donors (Lipinski definition) is 1. The molecule has 0 aliphatic rings. The second-order valence-electron chi connectivity index (χ2n) is 7.03. The van der Waals surface area contributed by atoms with Crippen LogP contribution >= 0.6 is 0 Å². The summed E-state index contributed by atoms with van der Waals surface area (Å²) < 4.78 is 16.5. The Bertz CT molecular complexity index is 967. The lowest BCUT2D eigenvalue weighted by molar-refractivity contribution is -0.121. The van der Waals surface area contributed by atoms with Gasteiger partial charge in [-0.2, -0.15) is 0 Å². The number of nitrogens with one attached hydrogen (secondary N) is 1. The lowest BCUT2D eigenvalue weighted by Gasteiger charge is -2.07. The first kappa shape index (κ1) is 21.4. The molecule has 3 rings (SSSR count). The number of carbonyl (C=O) groups excluding carboxylic acids is 1. The number of rotatable bonds is 10. The minimum Gasteiger partial charge on any atom is -0.493 e. The monoisotopic (exact) mass is 408 g/mol. The minimum absolute atomic E-state index is 0.0622. The molecule has 0 aliphatic carbocycles. The second-order valence-corrected chi connectivity index (χ2v) is 7.03. The highest BCUT2D eigenvalue weighted by Crippen LogP contribution is 2.32. The van der Waals surface area contributed by atoms with Crippen molar-refractivity contribution in [1.82, 2.24) is 10.3 Å². The summed E-state index contributed by atoms with van der Waals surface area (Å²) in [6, 6.07) is 15.7. The SMILES string of the molecule is COc1ccc(-c2nc(CCCC(=O)NCCc3ccccc3)c(C)o2)cc1OC. The minimum atomic E-state index is 0.0622. The van der Waals surface area contributed by atoms with E-state index < -0.39 is 0 Å². The molecule has 0 saturated carbocycles. The van der Waals surface area contributed by atoms with Crippen LogP contribution in [0.25, 0.3) is 11.5 Å². The fourth-order valence-electron chi connectivity index (χ4n) is 3.25. The topological polar surface area (TPSA) is 73.6 Å². The Kier molecular flexibility index (Phi) is 7.49. The Morgan fingerprint density at radius 2 is 1.80 bits per heavy atom. The molecule has 1 aromatic heterocycles. The van der Waals surface area contributed by atoms with Crippen LogP contribution in [0.1, 0.15) is 29.9 Å². The fourth-order valence-corrected chi connectivity index (χ4v) is 3.25. The zero-order valence-corrected chi connectivity index (χ0v) is 17.7. The van der Waals surface area contributed by atoms with Crippen LogP contribution in [0.2, 0.25) is 0 Å². The highest BCUT2D eigenvalue weighted by Gasteiger charge is 2.14. The molecule has 1 heterocycles. The first-order chi connectivity index (χ1) is 14.6. The average Bonchev–Trinajstić information content (AvgIpc) is 3.14. The van der Waals surface area contributed by atoms with Gasteiger partial charge in [0.25, 0.3) is 0 Å². The van der Waals surface area contributed by atoms with Gasteiger partial charge in [-0.15, -0.1) is 0 Å². The molecule has 0 fully saturated rings. The summed E-state index contributed by atoms with van der Waals surface area (Å²) in [7, 11) is 3.20. The van der Waals surface area contributed by atoms with E-state index in [-0.39, 0.29) is 5.91 Å². The Morgan fingerprint density at radius 1 is 1.03 bits per heavy atom. The Labute approximate surface area is 177 Å². The first-order valence-electron chi connectivity index (χ1n) is 10.1. The molecule has 1 amide bonds. The van der Waals surface area contributed by atoms with Crippen LogP contribution in [0.15, 0.2) is 52.9 Å². The van der Waals surface area contributed by atoms with E-state index in [9.17, 15) is 4.79 Å². The molecule has 6 nitrogen and oxygen atoms in total. The molecule has 0 atom stereocenters. The summed E-state index contributed by atoms with van der Waals surface area (Å²) in [5, 5.41) is 2.98. The van der Waals surface area contributed by atoms with Gasteiger partial charge in [-0.1, -0.05) is 30.3 Å². The van der Waals surface area contributed by atoms with Gasteiger partial charge in [0, 0.05) is 18.5 Å². The number of hydrogen-bond acceptors (Lipinski definition) is 5. The zero-order chi connectivity index (χ0) is 21.3. The third kappa shape index (κ3) is 5.63. The second kappa shape index (κ2) is 10.5. The Hall–Kier alpha value is -3.28. The van der Waals surface area contributed by atoms with Crippen molar-refractivity contribution in [3.8, 4) is 23.0 Å².